The lowest BCUT2D eigenvalue weighted by Crippen LogP contribution is -2.30. The van der Waals surface area contributed by atoms with Gasteiger partial charge in [0, 0.05) is 24.2 Å². The van der Waals surface area contributed by atoms with E-state index >= 15 is 0 Å². The van der Waals surface area contributed by atoms with Crippen molar-refractivity contribution in [2.24, 2.45) is 0 Å². The van der Waals surface area contributed by atoms with Gasteiger partial charge in [-0.1, -0.05) is 22.9 Å². The van der Waals surface area contributed by atoms with E-state index in [0.717, 1.165) is 42.0 Å². The first-order chi connectivity index (χ1) is 12.2. The van der Waals surface area contributed by atoms with E-state index < -0.39 is 0 Å². The normalized spacial score (nSPS) is 14.7. The van der Waals surface area contributed by atoms with Crippen LogP contribution in [0.3, 0.4) is 0 Å². The van der Waals surface area contributed by atoms with Gasteiger partial charge >= 0.3 is 0 Å². The van der Waals surface area contributed by atoms with Crippen molar-refractivity contribution in [2.45, 2.75) is 19.3 Å². The number of carbonyl (C=O) groups is 1. The summed E-state index contributed by atoms with van der Waals surface area (Å²) in [5.41, 5.74) is 1.15. The van der Waals surface area contributed by atoms with Crippen LogP contribution in [0.5, 0.6) is 0 Å². The van der Waals surface area contributed by atoms with E-state index in [9.17, 15) is 4.79 Å². The van der Waals surface area contributed by atoms with Crippen molar-refractivity contribution in [1.82, 2.24) is 15.0 Å². The Balaban J connectivity index is 1.53. The third-order valence-corrected chi connectivity index (χ3v) is 5.30. The fraction of sp³-hybridized carbons (Fsp3) is 0.294. The van der Waals surface area contributed by atoms with Gasteiger partial charge in [-0.25, -0.2) is 15.0 Å². The number of benzene rings is 1. The second kappa shape index (κ2) is 6.93. The Hall–Kier alpha value is -2.25. The van der Waals surface area contributed by atoms with E-state index in [-0.39, 0.29) is 5.91 Å². The standard InChI is InChI=1S/C17H16ClN5OS/c18-11-4-5-12-14(8-11)25-17(21-12)22-16(24)13-9-15(20-10-19-13)23-6-2-1-3-7-23/h4-5,8-10H,1-3,6-7H2,(H,21,22,24). The summed E-state index contributed by atoms with van der Waals surface area (Å²) in [6.07, 6.45) is 4.99. The summed E-state index contributed by atoms with van der Waals surface area (Å²) in [6.45, 7) is 1.94. The molecule has 8 heteroatoms. The predicted molar refractivity (Wildman–Crippen MR) is 101 cm³/mol. The molecule has 25 heavy (non-hydrogen) atoms. The lowest BCUT2D eigenvalue weighted by molar-refractivity contribution is 0.102. The van der Waals surface area contributed by atoms with Crippen molar-refractivity contribution in [1.29, 1.82) is 0 Å². The van der Waals surface area contributed by atoms with Crippen LogP contribution in [0.1, 0.15) is 29.8 Å². The van der Waals surface area contributed by atoms with Crippen molar-refractivity contribution in [2.75, 3.05) is 23.3 Å². The number of thiazole rings is 1. The summed E-state index contributed by atoms with van der Waals surface area (Å²) in [5.74, 6) is 0.516. The summed E-state index contributed by atoms with van der Waals surface area (Å²) in [4.78, 5) is 27.5. The van der Waals surface area contributed by atoms with Crippen LogP contribution in [-0.4, -0.2) is 33.9 Å². The third kappa shape index (κ3) is 3.57. The SMILES string of the molecule is O=C(Nc1nc2ccc(Cl)cc2s1)c1cc(N2CCCCC2)ncn1. The quantitative estimate of drug-likeness (QED) is 0.751. The monoisotopic (exact) mass is 373 g/mol. The number of hydrogen-bond donors (Lipinski definition) is 1. The van der Waals surface area contributed by atoms with Crippen molar-refractivity contribution >= 4 is 50.0 Å². The molecule has 0 aliphatic carbocycles. The van der Waals surface area contributed by atoms with Crippen LogP contribution in [0.2, 0.25) is 5.02 Å². The first kappa shape index (κ1) is 16.2. The molecule has 1 N–H and O–H groups in total. The highest BCUT2D eigenvalue weighted by Crippen LogP contribution is 2.28. The maximum Gasteiger partial charge on any atom is 0.276 e. The summed E-state index contributed by atoms with van der Waals surface area (Å²) in [6, 6.07) is 7.20. The highest BCUT2D eigenvalue weighted by Gasteiger charge is 2.16. The summed E-state index contributed by atoms with van der Waals surface area (Å²) < 4.78 is 0.930. The Morgan fingerprint density at radius 2 is 2.00 bits per heavy atom. The molecule has 1 amide bonds. The van der Waals surface area contributed by atoms with E-state index in [2.05, 4.69) is 25.2 Å². The Bertz CT molecular complexity index is 922. The second-order valence-electron chi connectivity index (χ2n) is 5.89. The predicted octanol–water partition coefficient (Wildman–Crippen LogP) is 3.98. The van der Waals surface area contributed by atoms with Gasteiger partial charge in [0.1, 0.15) is 17.8 Å². The number of hydrogen-bond acceptors (Lipinski definition) is 6. The molecule has 3 heterocycles. The van der Waals surface area contributed by atoms with Gasteiger partial charge in [0.05, 0.1) is 10.2 Å². The highest BCUT2D eigenvalue weighted by atomic mass is 35.5. The van der Waals surface area contributed by atoms with Gasteiger partial charge in [0.25, 0.3) is 5.91 Å². The number of anilines is 2. The number of fused-ring (bicyclic) bond motifs is 1. The topological polar surface area (TPSA) is 71.0 Å². The molecule has 4 rings (SSSR count). The van der Waals surface area contributed by atoms with Crippen molar-refractivity contribution < 1.29 is 4.79 Å². The van der Waals surface area contributed by atoms with Crippen LogP contribution in [0.15, 0.2) is 30.6 Å². The molecule has 0 atom stereocenters. The number of rotatable bonds is 3. The zero-order valence-electron chi connectivity index (χ0n) is 13.4. The van der Waals surface area contributed by atoms with Gasteiger partial charge < -0.3 is 4.90 Å². The molecule has 0 spiro atoms. The minimum atomic E-state index is -0.286. The largest absolute Gasteiger partial charge is 0.357 e. The van der Waals surface area contributed by atoms with Crippen molar-refractivity contribution in [3.63, 3.8) is 0 Å². The fourth-order valence-corrected chi connectivity index (χ4v) is 4.02. The molecule has 1 aliphatic heterocycles. The van der Waals surface area contributed by atoms with Crippen molar-refractivity contribution in [3.05, 3.63) is 41.3 Å². The van der Waals surface area contributed by atoms with E-state index in [0.29, 0.717) is 15.8 Å². The Kier molecular flexibility index (Phi) is 4.50. The average molecular weight is 374 g/mol. The molecule has 0 radical (unpaired) electrons. The molecule has 1 aromatic carbocycles. The molecule has 0 bridgehead atoms. The first-order valence-corrected chi connectivity index (χ1v) is 9.33. The maximum absolute atomic E-state index is 12.5. The van der Waals surface area contributed by atoms with Crippen LogP contribution >= 0.6 is 22.9 Å². The zero-order chi connectivity index (χ0) is 17.2. The molecule has 128 valence electrons. The third-order valence-electron chi connectivity index (χ3n) is 4.14. The molecular weight excluding hydrogens is 358 g/mol. The Morgan fingerprint density at radius 3 is 2.84 bits per heavy atom. The molecule has 3 aromatic rings. The summed E-state index contributed by atoms with van der Waals surface area (Å²) in [7, 11) is 0. The molecule has 1 fully saturated rings. The fourth-order valence-electron chi connectivity index (χ4n) is 2.88. The second-order valence-corrected chi connectivity index (χ2v) is 7.36. The van der Waals surface area contributed by atoms with Gasteiger partial charge in [-0.15, -0.1) is 0 Å². The molecule has 1 aliphatic rings. The summed E-state index contributed by atoms with van der Waals surface area (Å²) in [5, 5.41) is 3.99. The number of amides is 1. The lowest BCUT2D eigenvalue weighted by atomic mass is 10.1. The number of aromatic nitrogens is 3. The molecule has 6 nitrogen and oxygen atoms in total. The van der Waals surface area contributed by atoms with Gasteiger partial charge in [-0.05, 0) is 37.5 Å². The molecular formula is C17H16ClN5OS. The minimum Gasteiger partial charge on any atom is -0.357 e. The molecule has 0 saturated carbocycles. The highest BCUT2D eigenvalue weighted by molar-refractivity contribution is 7.22. The molecule has 0 unspecified atom stereocenters. The molecule has 2 aromatic heterocycles. The minimum absolute atomic E-state index is 0.286. The van der Waals surface area contributed by atoms with Crippen molar-refractivity contribution in [3.8, 4) is 0 Å². The van der Waals surface area contributed by atoms with Crippen LogP contribution in [0, 0.1) is 0 Å². The first-order valence-electron chi connectivity index (χ1n) is 8.13. The number of nitrogens with one attached hydrogen (secondary N) is 1. The van der Waals surface area contributed by atoms with Crippen LogP contribution < -0.4 is 10.2 Å². The van der Waals surface area contributed by atoms with Gasteiger partial charge in [0.2, 0.25) is 0 Å². The van der Waals surface area contributed by atoms with Gasteiger partial charge in [-0.3, -0.25) is 10.1 Å². The summed E-state index contributed by atoms with van der Waals surface area (Å²) >= 11 is 7.38. The number of piperidine rings is 1. The number of carbonyl (C=O) groups excluding carboxylic acids is 1. The Labute approximate surface area is 153 Å². The van der Waals surface area contributed by atoms with E-state index in [1.165, 1.54) is 24.1 Å². The molecule has 1 saturated heterocycles. The Morgan fingerprint density at radius 1 is 1.16 bits per heavy atom. The van der Waals surface area contributed by atoms with E-state index in [1.807, 2.05) is 12.1 Å². The van der Waals surface area contributed by atoms with Crippen LogP contribution in [-0.2, 0) is 0 Å². The average Bonchev–Trinajstić information content (AvgIpc) is 3.04. The number of halogens is 1. The van der Waals surface area contributed by atoms with E-state index in [1.54, 1.807) is 12.1 Å². The lowest BCUT2D eigenvalue weighted by Gasteiger charge is -2.27. The van der Waals surface area contributed by atoms with Crippen LogP contribution in [0.25, 0.3) is 10.2 Å². The van der Waals surface area contributed by atoms with Gasteiger partial charge in [0.15, 0.2) is 5.13 Å². The number of nitrogens with zero attached hydrogens (tertiary/aromatic N) is 4. The zero-order valence-corrected chi connectivity index (χ0v) is 15.0. The van der Waals surface area contributed by atoms with Crippen LogP contribution in [0.4, 0.5) is 10.9 Å². The smallest absolute Gasteiger partial charge is 0.276 e. The maximum atomic E-state index is 12.5. The van der Waals surface area contributed by atoms with E-state index in [4.69, 9.17) is 11.6 Å². The van der Waals surface area contributed by atoms with Gasteiger partial charge in [-0.2, -0.15) is 0 Å².